The fourth-order valence-corrected chi connectivity index (χ4v) is 2.91. The smallest absolute Gasteiger partial charge is 0.333 e. The molecule has 1 rings (SSSR count). The number of hydrogen-bond donors (Lipinski definition) is 0. The molecule has 0 aliphatic carbocycles. The van der Waals surface area contributed by atoms with E-state index in [4.69, 9.17) is 9.47 Å². The van der Waals surface area contributed by atoms with E-state index in [1.807, 2.05) is 6.07 Å². The number of nitrogens with zero attached hydrogens (tertiary/aromatic N) is 1. The Morgan fingerprint density at radius 2 is 2.09 bits per heavy atom. The van der Waals surface area contributed by atoms with E-state index in [2.05, 4.69) is 39.6 Å². The Bertz CT molecular complexity index is 463. The molecule has 0 fully saturated rings. The summed E-state index contributed by atoms with van der Waals surface area (Å²) in [5.74, 6) is 1.83. The minimum absolute atomic E-state index is 0.204. The van der Waals surface area contributed by atoms with E-state index in [-0.39, 0.29) is 12.1 Å². The number of hydrogen-bond acceptors (Lipinski definition) is 3. The molecule has 0 aromatic carbocycles. The van der Waals surface area contributed by atoms with E-state index < -0.39 is 0 Å². The standard InChI is InChI=1S/C17H29NO3P/c1-14(2)17(19)20-11-7-6-9-15(13-18(3,4)5)21-16-10-8-12-22-16/h8,10,12,15,22H,1,6-7,9,11,13H2,2-5H3/q+1. The second-order valence-corrected chi connectivity index (χ2v) is 7.77. The largest absolute Gasteiger partial charge is 0.481 e. The number of carbonyl (C=O) groups excluding carboxylic acids is 1. The van der Waals surface area contributed by atoms with Crippen molar-refractivity contribution in [3.8, 4) is 5.48 Å². The lowest BCUT2D eigenvalue weighted by Crippen LogP contribution is -2.43. The maximum atomic E-state index is 11.3. The van der Waals surface area contributed by atoms with Crippen molar-refractivity contribution in [1.29, 1.82) is 0 Å². The molecular formula is C17H29NO3P+. The second-order valence-electron chi connectivity index (χ2n) is 6.66. The maximum Gasteiger partial charge on any atom is 0.333 e. The molecule has 0 saturated carbocycles. The van der Waals surface area contributed by atoms with Gasteiger partial charge in [0, 0.05) is 5.57 Å². The van der Waals surface area contributed by atoms with Gasteiger partial charge >= 0.3 is 5.97 Å². The van der Waals surface area contributed by atoms with E-state index in [0.717, 1.165) is 35.8 Å². The van der Waals surface area contributed by atoms with Gasteiger partial charge in [-0.2, -0.15) is 0 Å². The first kappa shape index (κ1) is 18.8. The lowest BCUT2D eigenvalue weighted by molar-refractivity contribution is -0.873. The Labute approximate surface area is 135 Å². The number of unbranched alkanes of at least 4 members (excludes halogenated alkanes) is 1. The van der Waals surface area contributed by atoms with Gasteiger partial charge in [-0.25, -0.2) is 4.79 Å². The molecule has 0 aliphatic heterocycles. The van der Waals surface area contributed by atoms with E-state index in [1.165, 1.54) is 0 Å². The van der Waals surface area contributed by atoms with Crippen LogP contribution < -0.4 is 4.74 Å². The van der Waals surface area contributed by atoms with Crippen molar-refractivity contribution < 1.29 is 18.8 Å². The lowest BCUT2D eigenvalue weighted by Gasteiger charge is -2.29. The van der Waals surface area contributed by atoms with Crippen LogP contribution in [0, 0.1) is 0 Å². The number of esters is 1. The van der Waals surface area contributed by atoms with E-state index in [9.17, 15) is 4.79 Å². The molecule has 2 atom stereocenters. The highest BCUT2D eigenvalue weighted by Gasteiger charge is 2.19. The quantitative estimate of drug-likeness (QED) is 0.286. The van der Waals surface area contributed by atoms with Gasteiger partial charge in [0.05, 0.1) is 27.7 Å². The van der Waals surface area contributed by atoms with Gasteiger partial charge in [-0.3, -0.25) is 0 Å². The van der Waals surface area contributed by atoms with Gasteiger partial charge in [-0.15, -0.1) is 0 Å². The van der Waals surface area contributed by atoms with Gasteiger partial charge < -0.3 is 14.0 Å². The van der Waals surface area contributed by atoms with E-state index in [0.29, 0.717) is 20.4 Å². The molecule has 1 aromatic heterocycles. The van der Waals surface area contributed by atoms with Gasteiger partial charge in [-0.1, -0.05) is 20.8 Å². The molecule has 0 amide bonds. The molecule has 1 heterocycles. The van der Waals surface area contributed by atoms with Crippen molar-refractivity contribution >= 4 is 14.2 Å². The second kappa shape index (κ2) is 9.02. The molecule has 0 radical (unpaired) electrons. The lowest BCUT2D eigenvalue weighted by atomic mass is 10.1. The minimum Gasteiger partial charge on any atom is -0.481 e. The van der Waals surface area contributed by atoms with E-state index in [1.54, 1.807) is 6.92 Å². The van der Waals surface area contributed by atoms with Gasteiger partial charge in [0.2, 0.25) is 0 Å². The number of rotatable bonds is 10. The zero-order valence-corrected chi connectivity index (χ0v) is 15.2. The molecule has 2 unspecified atom stereocenters. The normalized spacial score (nSPS) is 13.1. The summed E-state index contributed by atoms with van der Waals surface area (Å²) >= 11 is 0. The summed E-state index contributed by atoms with van der Waals surface area (Å²) in [6.07, 6.45) is 3.02. The van der Waals surface area contributed by atoms with Crippen molar-refractivity contribution in [2.75, 3.05) is 34.3 Å². The Balaban J connectivity index is 2.34. The Kier molecular flexibility index (Phi) is 7.70. The third kappa shape index (κ3) is 8.26. The summed E-state index contributed by atoms with van der Waals surface area (Å²) in [5.41, 5.74) is 1.53. The highest BCUT2D eigenvalue weighted by atomic mass is 31.0. The summed E-state index contributed by atoms with van der Waals surface area (Å²) in [4.78, 5) is 11.3. The zero-order chi connectivity index (χ0) is 16.6. The average Bonchev–Trinajstić information content (AvgIpc) is 2.88. The molecule has 1 aromatic rings. The molecular weight excluding hydrogens is 297 g/mol. The van der Waals surface area contributed by atoms with Crippen LogP contribution in [0.1, 0.15) is 26.2 Å². The third-order valence-electron chi connectivity index (χ3n) is 3.12. The average molecular weight is 326 g/mol. The third-order valence-corrected chi connectivity index (χ3v) is 4.04. The predicted octanol–water partition coefficient (Wildman–Crippen LogP) is 3.46. The van der Waals surface area contributed by atoms with Crippen molar-refractivity contribution in [1.82, 2.24) is 0 Å². The number of carbonyl (C=O) groups is 1. The topological polar surface area (TPSA) is 35.5 Å². The van der Waals surface area contributed by atoms with Crippen molar-refractivity contribution in [3.63, 3.8) is 0 Å². The van der Waals surface area contributed by atoms with Crippen LogP contribution >= 0.6 is 8.19 Å². The first-order valence-corrected chi connectivity index (χ1v) is 8.79. The Morgan fingerprint density at radius 3 is 2.64 bits per heavy atom. The van der Waals surface area contributed by atoms with Gasteiger partial charge in [0.15, 0.2) is 0 Å². The highest BCUT2D eigenvalue weighted by molar-refractivity contribution is 7.31. The van der Waals surface area contributed by atoms with Crippen LogP contribution in [-0.2, 0) is 9.53 Å². The van der Waals surface area contributed by atoms with Crippen molar-refractivity contribution in [2.24, 2.45) is 0 Å². The fourth-order valence-electron chi connectivity index (χ4n) is 2.13. The molecule has 0 saturated heterocycles. The van der Waals surface area contributed by atoms with Gasteiger partial charge in [-0.05, 0) is 38.1 Å². The monoisotopic (exact) mass is 326 g/mol. The van der Waals surface area contributed by atoms with Crippen LogP contribution in [0.25, 0.3) is 0 Å². The first-order chi connectivity index (χ1) is 10.3. The molecule has 22 heavy (non-hydrogen) atoms. The molecule has 124 valence electrons. The summed E-state index contributed by atoms with van der Waals surface area (Å²) in [5, 5.41) is 0. The maximum absolute atomic E-state index is 11.3. The van der Waals surface area contributed by atoms with Gasteiger partial charge in [0.25, 0.3) is 0 Å². The van der Waals surface area contributed by atoms with Crippen molar-refractivity contribution in [3.05, 3.63) is 30.1 Å². The fraction of sp³-hybridized carbons (Fsp3) is 0.588. The number of ether oxygens (including phenoxy) is 2. The van der Waals surface area contributed by atoms with Crippen LogP contribution in [0.15, 0.2) is 30.1 Å². The minimum atomic E-state index is -0.303. The SMILES string of the molecule is C=C(C)C(=O)OCCCCC(C[N+](C)(C)C)Oc1ccc[pH]1. The first-order valence-electron chi connectivity index (χ1n) is 7.71. The van der Waals surface area contributed by atoms with Crippen LogP contribution in [0.3, 0.4) is 0 Å². The number of quaternary nitrogens is 1. The predicted molar refractivity (Wildman–Crippen MR) is 92.9 cm³/mol. The van der Waals surface area contributed by atoms with Gasteiger partial charge in [0.1, 0.15) is 18.1 Å². The number of likely N-dealkylation sites (N-methyl/N-ethyl adjacent to an activating group) is 1. The summed E-state index contributed by atoms with van der Waals surface area (Å²) in [7, 11) is 7.18. The molecule has 0 N–H and O–H groups in total. The van der Waals surface area contributed by atoms with Crippen LogP contribution in [0.4, 0.5) is 0 Å². The summed E-state index contributed by atoms with van der Waals surface area (Å²) < 4.78 is 12.1. The Hall–Kier alpha value is -1.25. The van der Waals surface area contributed by atoms with Crippen molar-refractivity contribution in [2.45, 2.75) is 32.3 Å². The molecule has 0 bridgehead atoms. The zero-order valence-electron chi connectivity index (χ0n) is 14.2. The molecule has 4 nitrogen and oxygen atoms in total. The highest BCUT2D eigenvalue weighted by Crippen LogP contribution is 2.26. The molecule has 0 spiro atoms. The van der Waals surface area contributed by atoms with Crippen LogP contribution in [0.2, 0.25) is 0 Å². The molecule has 0 aliphatic rings. The summed E-state index contributed by atoms with van der Waals surface area (Å²) in [6, 6.07) is 4.10. The summed E-state index contributed by atoms with van der Waals surface area (Å²) in [6.45, 7) is 6.65. The Morgan fingerprint density at radius 1 is 1.36 bits per heavy atom. The van der Waals surface area contributed by atoms with Crippen LogP contribution in [0.5, 0.6) is 5.48 Å². The van der Waals surface area contributed by atoms with E-state index >= 15 is 0 Å². The molecule has 5 heteroatoms. The van der Waals surface area contributed by atoms with Crippen LogP contribution in [-0.4, -0.2) is 50.9 Å².